The van der Waals surface area contributed by atoms with Crippen molar-refractivity contribution in [3.63, 3.8) is 0 Å². The second-order valence-corrected chi connectivity index (χ2v) is 7.53. The van der Waals surface area contributed by atoms with Gasteiger partial charge in [-0.25, -0.2) is 9.78 Å². The van der Waals surface area contributed by atoms with Crippen molar-refractivity contribution in [3.8, 4) is 11.4 Å². The van der Waals surface area contributed by atoms with Crippen LogP contribution in [0.15, 0.2) is 53.3 Å². The quantitative estimate of drug-likeness (QED) is 0.355. The molecule has 5 heteroatoms. The number of rotatable bonds is 8. The zero-order valence-corrected chi connectivity index (χ0v) is 19.8. The van der Waals surface area contributed by atoms with Crippen LogP contribution in [0.5, 0.6) is 0 Å². The molecular formula is C27H34N2O3. The first kappa shape index (κ1) is 25.1. The number of carbonyl (C=O) groups is 1. The predicted molar refractivity (Wildman–Crippen MR) is 130 cm³/mol. The number of aromatic amines is 1. The summed E-state index contributed by atoms with van der Waals surface area (Å²) in [6.07, 6.45) is 4.44. The number of nitrogens with zero attached hydrogens (tertiary/aromatic N) is 1. The summed E-state index contributed by atoms with van der Waals surface area (Å²) >= 11 is 0. The Kier molecular flexibility index (Phi) is 9.86. The van der Waals surface area contributed by atoms with Gasteiger partial charge in [-0.3, -0.25) is 4.79 Å². The second-order valence-electron chi connectivity index (χ2n) is 7.53. The zero-order chi connectivity index (χ0) is 23.5. The fourth-order valence-corrected chi connectivity index (χ4v) is 3.40. The minimum Gasteiger partial charge on any atom is -0.465 e. The minimum atomic E-state index is -0.372. The lowest BCUT2D eigenvalue weighted by Crippen LogP contribution is -2.19. The summed E-state index contributed by atoms with van der Waals surface area (Å²) in [6.45, 7) is 8.19. The van der Waals surface area contributed by atoms with Gasteiger partial charge in [-0.1, -0.05) is 75.6 Å². The van der Waals surface area contributed by atoms with Crippen LogP contribution >= 0.6 is 0 Å². The maximum absolute atomic E-state index is 13.0. The lowest BCUT2D eigenvalue weighted by Gasteiger charge is -2.11. The molecule has 1 aromatic heterocycles. The minimum absolute atomic E-state index is 0.107. The topological polar surface area (TPSA) is 72.0 Å². The number of benzene rings is 2. The molecule has 0 aliphatic carbocycles. The average molecular weight is 435 g/mol. The third-order valence-electron chi connectivity index (χ3n) is 5.20. The number of nitrogens with one attached hydrogen (secondary N) is 1. The molecule has 0 unspecified atom stereocenters. The Morgan fingerprint density at radius 1 is 1.00 bits per heavy atom. The van der Waals surface area contributed by atoms with Crippen molar-refractivity contribution in [2.45, 2.75) is 59.8 Å². The first-order chi connectivity index (χ1) is 15.5. The van der Waals surface area contributed by atoms with Crippen molar-refractivity contribution in [2.24, 2.45) is 0 Å². The van der Waals surface area contributed by atoms with Crippen LogP contribution in [0.1, 0.15) is 72.8 Å². The number of esters is 1. The number of unbranched alkanes of at least 4 members (excludes halogenated alkanes) is 2. The molecule has 3 aromatic rings. The van der Waals surface area contributed by atoms with E-state index in [0.717, 1.165) is 48.1 Å². The summed E-state index contributed by atoms with van der Waals surface area (Å²) in [5, 5.41) is 0. The van der Waals surface area contributed by atoms with E-state index in [0.29, 0.717) is 23.4 Å². The van der Waals surface area contributed by atoms with Gasteiger partial charge in [0, 0.05) is 17.5 Å². The SMILES string of the molecule is CC.CCCCCc1nc(-c2ccc(C)cc2)[nH]c(=O)c1Cc1ccc(C(=O)OC)cc1. The van der Waals surface area contributed by atoms with Gasteiger partial charge in [0.25, 0.3) is 5.56 Å². The summed E-state index contributed by atoms with van der Waals surface area (Å²) in [7, 11) is 1.36. The van der Waals surface area contributed by atoms with Gasteiger partial charge in [0.15, 0.2) is 0 Å². The number of hydrogen-bond donors (Lipinski definition) is 1. The number of hydrogen-bond acceptors (Lipinski definition) is 4. The van der Waals surface area contributed by atoms with Gasteiger partial charge in [-0.05, 0) is 37.5 Å². The molecule has 32 heavy (non-hydrogen) atoms. The largest absolute Gasteiger partial charge is 0.465 e. The maximum Gasteiger partial charge on any atom is 0.337 e. The third kappa shape index (κ3) is 6.64. The number of aromatic nitrogens is 2. The van der Waals surface area contributed by atoms with E-state index in [1.807, 2.05) is 57.2 Å². The zero-order valence-electron chi connectivity index (χ0n) is 19.8. The molecule has 0 atom stereocenters. The van der Waals surface area contributed by atoms with E-state index < -0.39 is 0 Å². The molecule has 5 nitrogen and oxygen atoms in total. The van der Waals surface area contributed by atoms with Gasteiger partial charge in [0.2, 0.25) is 0 Å². The first-order valence-electron chi connectivity index (χ1n) is 11.4. The monoisotopic (exact) mass is 434 g/mol. The first-order valence-corrected chi connectivity index (χ1v) is 11.4. The van der Waals surface area contributed by atoms with E-state index >= 15 is 0 Å². The van der Waals surface area contributed by atoms with E-state index in [-0.39, 0.29) is 11.5 Å². The van der Waals surface area contributed by atoms with Crippen LogP contribution in [0.3, 0.4) is 0 Å². The summed E-state index contributed by atoms with van der Waals surface area (Å²) in [5.41, 5.74) is 4.94. The lowest BCUT2D eigenvalue weighted by molar-refractivity contribution is 0.0600. The molecule has 2 aromatic carbocycles. The van der Waals surface area contributed by atoms with Gasteiger partial charge in [0.05, 0.1) is 18.4 Å². The van der Waals surface area contributed by atoms with E-state index in [1.165, 1.54) is 7.11 Å². The van der Waals surface area contributed by atoms with Crippen LogP contribution in [0.2, 0.25) is 0 Å². The van der Waals surface area contributed by atoms with Crippen LogP contribution < -0.4 is 5.56 Å². The van der Waals surface area contributed by atoms with Crippen molar-refractivity contribution in [3.05, 3.63) is 86.8 Å². The molecule has 0 spiro atoms. The van der Waals surface area contributed by atoms with Crippen molar-refractivity contribution in [1.82, 2.24) is 9.97 Å². The standard InChI is InChI=1S/C25H28N2O3.C2H6/c1-4-5-6-7-22-21(16-18-10-14-20(15-11-18)25(29)30-3)24(28)27-23(26-22)19-12-8-17(2)9-13-19;1-2/h8-15H,4-7,16H2,1-3H3,(H,26,27,28);1-2H3. The molecule has 0 aliphatic rings. The van der Waals surface area contributed by atoms with Crippen LogP contribution in [0.4, 0.5) is 0 Å². The Balaban J connectivity index is 0.00000176. The highest BCUT2D eigenvalue weighted by molar-refractivity contribution is 5.89. The number of carbonyl (C=O) groups excluding carboxylic acids is 1. The summed E-state index contributed by atoms with van der Waals surface area (Å²) in [4.78, 5) is 32.4. The lowest BCUT2D eigenvalue weighted by atomic mass is 10.00. The molecular weight excluding hydrogens is 400 g/mol. The highest BCUT2D eigenvalue weighted by Crippen LogP contribution is 2.19. The fourth-order valence-electron chi connectivity index (χ4n) is 3.40. The van der Waals surface area contributed by atoms with Crippen LogP contribution in [-0.4, -0.2) is 23.0 Å². The highest BCUT2D eigenvalue weighted by Gasteiger charge is 2.14. The Hall–Kier alpha value is -3.21. The van der Waals surface area contributed by atoms with E-state index in [9.17, 15) is 9.59 Å². The molecule has 0 radical (unpaired) electrons. The molecule has 0 saturated carbocycles. The normalized spacial score (nSPS) is 10.3. The Morgan fingerprint density at radius 3 is 2.25 bits per heavy atom. The maximum atomic E-state index is 13.0. The fraction of sp³-hybridized carbons (Fsp3) is 0.370. The molecule has 0 saturated heterocycles. The number of H-pyrrole nitrogens is 1. The molecule has 1 heterocycles. The van der Waals surface area contributed by atoms with Gasteiger partial charge >= 0.3 is 5.97 Å². The predicted octanol–water partition coefficient (Wildman–Crippen LogP) is 5.88. The van der Waals surface area contributed by atoms with Crippen LogP contribution in [-0.2, 0) is 17.6 Å². The molecule has 0 aliphatic heterocycles. The smallest absolute Gasteiger partial charge is 0.337 e. The Morgan fingerprint density at radius 2 is 1.66 bits per heavy atom. The van der Waals surface area contributed by atoms with Gasteiger partial charge < -0.3 is 9.72 Å². The number of ether oxygens (including phenoxy) is 1. The summed E-state index contributed by atoms with van der Waals surface area (Å²) in [6, 6.07) is 15.2. The molecule has 0 fully saturated rings. The van der Waals surface area contributed by atoms with Crippen molar-refractivity contribution >= 4 is 5.97 Å². The van der Waals surface area contributed by atoms with E-state index in [1.54, 1.807) is 12.1 Å². The average Bonchev–Trinajstić information content (AvgIpc) is 2.82. The second kappa shape index (κ2) is 12.6. The van der Waals surface area contributed by atoms with Crippen molar-refractivity contribution < 1.29 is 9.53 Å². The highest BCUT2D eigenvalue weighted by atomic mass is 16.5. The summed E-state index contributed by atoms with van der Waals surface area (Å²) < 4.78 is 4.75. The number of methoxy groups -OCH3 is 1. The molecule has 1 N–H and O–H groups in total. The Labute approximate surface area is 190 Å². The van der Waals surface area contributed by atoms with Crippen molar-refractivity contribution in [2.75, 3.05) is 7.11 Å². The van der Waals surface area contributed by atoms with Gasteiger partial charge in [0.1, 0.15) is 5.82 Å². The third-order valence-corrected chi connectivity index (χ3v) is 5.20. The van der Waals surface area contributed by atoms with E-state index in [2.05, 4.69) is 11.9 Å². The van der Waals surface area contributed by atoms with Crippen molar-refractivity contribution in [1.29, 1.82) is 0 Å². The molecule has 0 amide bonds. The molecule has 3 rings (SSSR count). The van der Waals surface area contributed by atoms with Gasteiger partial charge in [-0.2, -0.15) is 0 Å². The van der Waals surface area contributed by atoms with E-state index in [4.69, 9.17) is 9.72 Å². The van der Waals surface area contributed by atoms with Gasteiger partial charge in [-0.15, -0.1) is 0 Å². The molecule has 0 bridgehead atoms. The van der Waals surface area contributed by atoms with Crippen LogP contribution in [0.25, 0.3) is 11.4 Å². The molecule has 170 valence electrons. The Bertz CT molecular complexity index is 1050. The number of aryl methyl sites for hydroxylation is 2. The van der Waals surface area contributed by atoms with Crippen LogP contribution in [0, 0.1) is 6.92 Å². The summed E-state index contributed by atoms with van der Waals surface area (Å²) in [5.74, 6) is 0.236.